The van der Waals surface area contributed by atoms with Gasteiger partial charge in [-0.3, -0.25) is 4.79 Å². The van der Waals surface area contributed by atoms with Gasteiger partial charge >= 0.3 is 0 Å². The fourth-order valence-corrected chi connectivity index (χ4v) is 4.15. The minimum absolute atomic E-state index is 0.125. The van der Waals surface area contributed by atoms with Crippen LogP contribution < -0.4 is 5.32 Å². The summed E-state index contributed by atoms with van der Waals surface area (Å²) in [6.45, 7) is 4.05. The topological polar surface area (TPSA) is 29.1 Å². The minimum Gasteiger partial charge on any atom is -0.368 e. The number of hydrogen-bond acceptors (Lipinski definition) is 3. The molecule has 0 saturated heterocycles. The molecule has 3 heteroatoms. The molecule has 0 amide bonds. The summed E-state index contributed by atoms with van der Waals surface area (Å²) in [4.78, 5) is 15.3. The van der Waals surface area contributed by atoms with Gasteiger partial charge in [0.25, 0.3) is 0 Å². The number of rotatable bonds is 3. The van der Waals surface area contributed by atoms with Crippen LogP contribution in [0.1, 0.15) is 28.4 Å². The molecule has 1 atom stereocenters. The number of aryl methyl sites for hydroxylation is 1. The van der Waals surface area contributed by atoms with Crippen molar-refractivity contribution in [2.24, 2.45) is 0 Å². The van der Waals surface area contributed by atoms with E-state index in [0.717, 1.165) is 21.7 Å². The summed E-state index contributed by atoms with van der Waals surface area (Å²) in [5.74, 6) is 0.125. The third kappa shape index (κ3) is 2.75. The molecule has 1 aliphatic heterocycles. The van der Waals surface area contributed by atoms with E-state index in [9.17, 15) is 4.79 Å². The SMILES string of the molecule is Cc1ccc(Sc2cccc3c2NC(C)(c2ccccc2)C3=O)cc1. The zero-order valence-electron chi connectivity index (χ0n) is 14.2. The maximum absolute atomic E-state index is 13.1. The van der Waals surface area contributed by atoms with Crippen LogP contribution in [0.15, 0.2) is 82.6 Å². The molecule has 1 aliphatic rings. The van der Waals surface area contributed by atoms with Gasteiger partial charge in [-0.1, -0.05) is 65.9 Å². The largest absolute Gasteiger partial charge is 0.368 e. The molecule has 0 bridgehead atoms. The molecule has 0 fully saturated rings. The lowest BCUT2D eigenvalue weighted by atomic mass is 9.88. The highest BCUT2D eigenvalue weighted by atomic mass is 32.2. The van der Waals surface area contributed by atoms with Crippen LogP contribution in [0.4, 0.5) is 5.69 Å². The number of ketones is 1. The van der Waals surface area contributed by atoms with Crippen molar-refractivity contribution in [3.8, 4) is 0 Å². The Labute approximate surface area is 152 Å². The van der Waals surface area contributed by atoms with Gasteiger partial charge in [0.15, 0.2) is 5.78 Å². The van der Waals surface area contributed by atoms with E-state index in [2.05, 4.69) is 42.6 Å². The highest BCUT2D eigenvalue weighted by Gasteiger charge is 2.43. The minimum atomic E-state index is -0.715. The Bertz CT molecular complexity index is 934. The van der Waals surface area contributed by atoms with E-state index in [0.29, 0.717) is 0 Å². The average molecular weight is 345 g/mol. The average Bonchev–Trinajstić information content (AvgIpc) is 2.91. The zero-order valence-corrected chi connectivity index (χ0v) is 15.1. The molecule has 0 saturated carbocycles. The predicted octanol–water partition coefficient (Wildman–Crippen LogP) is 5.67. The van der Waals surface area contributed by atoms with Crippen LogP contribution >= 0.6 is 11.8 Å². The maximum atomic E-state index is 13.1. The number of anilines is 1. The van der Waals surface area contributed by atoms with Crippen molar-refractivity contribution in [1.82, 2.24) is 0 Å². The molecule has 0 aromatic heterocycles. The highest BCUT2D eigenvalue weighted by molar-refractivity contribution is 7.99. The van der Waals surface area contributed by atoms with Crippen molar-refractivity contribution >= 4 is 23.2 Å². The Morgan fingerprint density at radius 2 is 1.60 bits per heavy atom. The molecule has 4 rings (SSSR count). The van der Waals surface area contributed by atoms with Gasteiger partial charge in [0.2, 0.25) is 0 Å². The quantitative estimate of drug-likeness (QED) is 0.663. The van der Waals surface area contributed by atoms with Crippen LogP contribution in [0.3, 0.4) is 0 Å². The van der Waals surface area contributed by atoms with Gasteiger partial charge < -0.3 is 5.32 Å². The Hall–Kier alpha value is -2.52. The number of carbonyl (C=O) groups is 1. The molecule has 0 spiro atoms. The number of fused-ring (bicyclic) bond motifs is 1. The summed E-state index contributed by atoms with van der Waals surface area (Å²) in [5, 5.41) is 3.51. The molecular weight excluding hydrogens is 326 g/mol. The lowest BCUT2D eigenvalue weighted by molar-refractivity contribution is 0.0928. The summed E-state index contributed by atoms with van der Waals surface area (Å²) in [6, 6.07) is 24.3. The van der Waals surface area contributed by atoms with Crippen LogP contribution in [-0.4, -0.2) is 5.78 Å². The van der Waals surface area contributed by atoms with Gasteiger partial charge in [-0.2, -0.15) is 0 Å². The van der Waals surface area contributed by atoms with E-state index < -0.39 is 5.54 Å². The summed E-state index contributed by atoms with van der Waals surface area (Å²) < 4.78 is 0. The van der Waals surface area contributed by atoms with E-state index in [4.69, 9.17) is 0 Å². The summed E-state index contributed by atoms with van der Waals surface area (Å²) in [7, 11) is 0. The van der Waals surface area contributed by atoms with Gasteiger partial charge in [-0.15, -0.1) is 0 Å². The highest BCUT2D eigenvalue weighted by Crippen LogP contribution is 2.45. The molecule has 124 valence electrons. The number of para-hydroxylation sites is 1. The smallest absolute Gasteiger partial charge is 0.194 e. The maximum Gasteiger partial charge on any atom is 0.194 e. The molecule has 0 radical (unpaired) electrons. The molecule has 25 heavy (non-hydrogen) atoms. The van der Waals surface area contributed by atoms with Gasteiger partial charge in [0, 0.05) is 15.4 Å². The lowest BCUT2D eigenvalue weighted by Gasteiger charge is -2.24. The van der Waals surface area contributed by atoms with Crippen molar-refractivity contribution in [3.63, 3.8) is 0 Å². The van der Waals surface area contributed by atoms with Crippen molar-refractivity contribution in [2.45, 2.75) is 29.2 Å². The molecule has 2 nitrogen and oxygen atoms in total. The van der Waals surface area contributed by atoms with Gasteiger partial charge in [-0.05, 0) is 43.7 Å². The van der Waals surface area contributed by atoms with Crippen molar-refractivity contribution in [2.75, 3.05) is 5.32 Å². The van der Waals surface area contributed by atoms with Crippen molar-refractivity contribution < 1.29 is 4.79 Å². The van der Waals surface area contributed by atoms with Crippen LogP contribution in [0.2, 0.25) is 0 Å². The summed E-state index contributed by atoms with van der Waals surface area (Å²) in [6.07, 6.45) is 0. The second-order valence-corrected chi connectivity index (χ2v) is 7.65. The third-order valence-electron chi connectivity index (χ3n) is 4.70. The molecule has 3 aromatic rings. The van der Waals surface area contributed by atoms with E-state index >= 15 is 0 Å². The molecule has 1 N–H and O–H groups in total. The van der Waals surface area contributed by atoms with E-state index in [-0.39, 0.29) is 5.78 Å². The first-order valence-corrected chi connectivity index (χ1v) is 9.15. The number of benzene rings is 3. The zero-order chi connectivity index (χ0) is 17.4. The Morgan fingerprint density at radius 1 is 0.880 bits per heavy atom. The second-order valence-electron chi connectivity index (χ2n) is 6.54. The lowest BCUT2D eigenvalue weighted by Crippen LogP contribution is -2.34. The first-order valence-electron chi connectivity index (χ1n) is 8.34. The van der Waals surface area contributed by atoms with E-state index in [1.165, 1.54) is 10.5 Å². The van der Waals surface area contributed by atoms with Gasteiger partial charge in [-0.25, -0.2) is 0 Å². The van der Waals surface area contributed by atoms with Gasteiger partial charge in [0.05, 0.1) is 5.69 Å². The summed E-state index contributed by atoms with van der Waals surface area (Å²) in [5.41, 5.74) is 3.22. The normalized spacial score (nSPS) is 18.7. The fourth-order valence-electron chi connectivity index (χ4n) is 3.22. The first-order chi connectivity index (χ1) is 12.1. The standard InChI is InChI=1S/C22H19NOS/c1-15-11-13-17(14-12-15)25-19-10-6-9-18-20(19)23-22(2,21(18)24)16-7-4-3-5-8-16/h3-14,23H,1-2H3. The van der Waals surface area contributed by atoms with Crippen molar-refractivity contribution in [1.29, 1.82) is 0 Å². The number of nitrogens with one attached hydrogen (secondary N) is 1. The van der Waals surface area contributed by atoms with Crippen LogP contribution in [0.25, 0.3) is 0 Å². The second kappa shape index (κ2) is 6.08. The predicted molar refractivity (Wildman–Crippen MR) is 103 cm³/mol. The summed E-state index contributed by atoms with van der Waals surface area (Å²) >= 11 is 1.68. The van der Waals surface area contributed by atoms with Gasteiger partial charge in [0.1, 0.15) is 5.54 Å². The number of hydrogen-bond donors (Lipinski definition) is 1. The van der Waals surface area contributed by atoms with Crippen molar-refractivity contribution in [3.05, 3.63) is 89.5 Å². The molecule has 3 aromatic carbocycles. The molecule has 1 unspecified atom stereocenters. The Kier molecular flexibility index (Phi) is 3.89. The Balaban J connectivity index is 1.73. The van der Waals surface area contributed by atoms with Crippen LogP contribution in [-0.2, 0) is 5.54 Å². The van der Waals surface area contributed by atoms with Crippen LogP contribution in [0, 0.1) is 6.92 Å². The fraction of sp³-hybridized carbons (Fsp3) is 0.136. The third-order valence-corrected chi connectivity index (χ3v) is 5.77. The first kappa shape index (κ1) is 16.0. The number of carbonyl (C=O) groups excluding carboxylic acids is 1. The monoisotopic (exact) mass is 345 g/mol. The number of Topliss-reactive ketones (excluding diaryl/α,β-unsaturated/α-hetero) is 1. The van der Waals surface area contributed by atoms with E-state index in [1.807, 2.05) is 49.4 Å². The van der Waals surface area contributed by atoms with Crippen LogP contribution in [0.5, 0.6) is 0 Å². The Morgan fingerprint density at radius 3 is 2.32 bits per heavy atom. The van der Waals surface area contributed by atoms with E-state index in [1.54, 1.807) is 11.8 Å². The molecular formula is C22H19NOS. The molecule has 0 aliphatic carbocycles. The molecule has 1 heterocycles.